The van der Waals surface area contributed by atoms with Gasteiger partial charge in [0.15, 0.2) is 0 Å². The van der Waals surface area contributed by atoms with Crippen molar-refractivity contribution in [3.63, 3.8) is 0 Å². The van der Waals surface area contributed by atoms with E-state index in [-0.39, 0.29) is 30.4 Å². The molecule has 0 heterocycles. The third-order valence-corrected chi connectivity index (χ3v) is 3.26. The van der Waals surface area contributed by atoms with Crippen LogP contribution in [0.25, 0.3) is 0 Å². The minimum Gasteiger partial charge on any atom is -0.497 e. The molecule has 0 aliphatic rings. The van der Waals surface area contributed by atoms with Crippen LogP contribution in [0.2, 0.25) is 0 Å². The molecule has 0 radical (unpaired) electrons. The number of ether oxygens (including phenoxy) is 1. The molecular weight excluding hydrogens is 288 g/mol. The third-order valence-electron chi connectivity index (χ3n) is 3.26. The van der Waals surface area contributed by atoms with E-state index >= 15 is 0 Å². The van der Waals surface area contributed by atoms with E-state index in [1.165, 1.54) is 5.56 Å². The van der Waals surface area contributed by atoms with Crippen molar-refractivity contribution >= 4 is 18.3 Å². The van der Waals surface area contributed by atoms with E-state index in [0.29, 0.717) is 6.42 Å². The fourth-order valence-corrected chi connectivity index (χ4v) is 1.95. The predicted octanol–water partition coefficient (Wildman–Crippen LogP) is 2.68. The molecule has 120 valence electrons. The Labute approximate surface area is 133 Å². The summed E-state index contributed by atoms with van der Waals surface area (Å²) >= 11 is 0. The van der Waals surface area contributed by atoms with E-state index in [0.717, 1.165) is 25.0 Å². The van der Waals surface area contributed by atoms with Crippen molar-refractivity contribution in [1.29, 1.82) is 0 Å². The summed E-state index contributed by atoms with van der Waals surface area (Å²) in [6, 6.07) is 8.29. The molecule has 0 aliphatic heterocycles. The number of methoxy groups -OCH3 is 1. The first-order chi connectivity index (χ1) is 9.51. The monoisotopic (exact) mass is 314 g/mol. The van der Waals surface area contributed by atoms with Gasteiger partial charge in [0.05, 0.1) is 7.11 Å². The molecule has 0 fully saturated rings. The number of nitrogens with one attached hydrogen (secondary N) is 1. The Morgan fingerprint density at radius 2 is 1.86 bits per heavy atom. The number of aryl methyl sites for hydroxylation is 1. The summed E-state index contributed by atoms with van der Waals surface area (Å²) in [6.07, 6.45) is 3.11. The van der Waals surface area contributed by atoms with E-state index in [2.05, 4.69) is 17.4 Å². The normalized spacial score (nSPS) is 13.0. The van der Waals surface area contributed by atoms with Gasteiger partial charge in [-0.05, 0) is 50.8 Å². The molecule has 4 nitrogen and oxygen atoms in total. The first-order valence-electron chi connectivity index (χ1n) is 7.19. The molecule has 1 rings (SSSR count). The quantitative estimate of drug-likeness (QED) is 0.775. The van der Waals surface area contributed by atoms with Gasteiger partial charge >= 0.3 is 0 Å². The maximum absolute atomic E-state index is 11.7. The summed E-state index contributed by atoms with van der Waals surface area (Å²) in [5.74, 6) is 0.954. The van der Waals surface area contributed by atoms with Crippen molar-refractivity contribution in [2.45, 2.75) is 51.6 Å². The van der Waals surface area contributed by atoms with Gasteiger partial charge in [-0.15, -0.1) is 12.4 Å². The van der Waals surface area contributed by atoms with Crippen molar-refractivity contribution < 1.29 is 9.53 Å². The lowest BCUT2D eigenvalue weighted by Crippen LogP contribution is -2.33. The average Bonchev–Trinajstić information content (AvgIpc) is 2.43. The van der Waals surface area contributed by atoms with Gasteiger partial charge in [0.25, 0.3) is 0 Å². The Bertz CT molecular complexity index is 407. The fraction of sp³-hybridized carbons (Fsp3) is 0.562. The number of benzene rings is 1. The molecule has 0 saturated heterocycles. The maximum Gasteiger partial charge on any atom is 0.220 e. The Morgan fingerprint density at radius 1 is 1.24 bits per heavy atom. The number of amides is 1. The smallest absolute Gasteiger partial charge is 0.220 e. The van der Waals surface area contributed by atoms with E-state index in [1.807, 2.05) is 26.0 Å². The summed E-state index contributed by atoms with van der Waals surface area (Å²) in [5.41, 5.74) is 6.89. The summed E-state index contributed by atoms with van der Waals surface area (Å²) in [4.78, 5) is 11.7. The van der Waals surface area contributed by atoms with Gasteiger partial charge < -0.3 is 15.8 Å². The second kappa shape index (κ2) is 10.5. The number of hydrogen-bond acceptors (Lipinski definition) is 3. The number of carbonyl (C=O) groups is 1. The molecule has 0 aromatic heterocycles. The van der Waals surface area contributed by atoms with Crippen LogP contribution in [-0.2, 0) is 11.2 Å². The number of carbonyl (C=O) groups excluding carboxylic acids is 1. The number of nitrogens with two attached hydrogens (primary N) is 1. The highest BCUT2D eigenvalue weighted by molar-refractivity contribution is 5.85. The Balaban J connectivity index is 0.00000400. The summed E-state index contributed by atoms with van der Waals surface area (Å²) in [7, 11) is 1.66. The van der Waals surface area contributed by atoms with Crippen LogP contribution in [-0.4, -0.2) is 25.1 Å². The van der Waals surface area contributed by atoms with Crippen molar-refractivity contribution in [2.75, 3.05) is 7.11 Å². The van der Waals surface area contributed by atoms with Crippen LogP contribution in [0.3, 0.4) is 0 Å². The lowest BCUT2D eigenvalue weighted by atomic mass is 10.1. The van der Waals surface area contributed by atoms with Gasteiger partial charge in [0.2, 0.25) is 5.91 Å². The van der Waals surface area contributed by atoms with Crippen LogP contribution in [0.15, 0.2) is 24.3 Å². The number of halogens is 1. The second-order valence-corrected chi connectivity index (χ2v) is 5.37. The Kier molecular flexibility index (Phi) is 9.84. The molecule has 1 amide bonds. The molecular formula is C16H27ClN2O2. The van der Waals surface area contributed by atoms with Crippen LogP contribution in [0.1, 0.15) is 38.7 Å². The second-order valence-electron chi connectivity index (χ2n) is 5.37. The maximum atomic E-state index is 11.7. The van der Waals surface area contributed by atoms with Gasteiger partial charge in [-0.2, -0.15) is 0 Å². The SMILES string of the molecule is COc1ccc(CCC(C)NC(=O)CCC(C)N)cc1.Cl. The van der Waals surface area contributed by atoms with Crippen LogP contribution in [0, 0.1) is 0 Å². The van der Waals surface area contributed by atoms with E-state index in [4.69, 9.17) is 10.5 Å². The Hall–Kier alpha value is -1.26. The van der Waals surface area contributed by atoms with Gasteiger partial charge in [0.1, 0.15) is 5.75 Å². The number of hydrogen-bond donors (Lipinski definition) is 2. The molecule has 0 aliphatic carbocycles. The van der Waals surface area contributed by atoms with Crippen LogP contribution in [0.4, 0.5) is 0 Å². The lowest BCUT2D eigenvalue weighted by molar-refractivity contribution is -0.121. The van der Waals surface area contributed by atoms with Gasteiger partial charge in [-0.3, -0.25) is 4.79 Å². The molecule has 2 unspecified atom stereocenters. The van der Waals surface area contributed by atoms with Crippen molar-refractivity contribution in [3.05, 3.63) is 29.8 Å². The minimum atomic E-state index is 0. The standard InChI is InChI=1S/C16H26N2O2.ClH/c1-12(17)4-11-16(19)18-13(2)5-6-14-7-9-15(20-3)10-8-14;/h7-10,12-13H,4-6,11,17H2,1-3H3,(H,18,19);1H. The molecule has 0 saturated carbocycles. The summed E-state index contributed by atoms with van der Waals surface area (Å²) in [5, 5.41) is 3.01. The van der Waals surface area contributed by atoms with Crippen molar-refractivity contribution in [3.8, 4) is 5.75 Å². The highest BCUT2D eigenvalue weighted by Gasteiger charge is 2.08. The minimum absolute atomic E-state index is 0. The third kappa shape index (κ3) is 8.58. The van der Waals surface area contributed by atoms with E-state index in [1.54, 1.807) is 7.11 Å². The summed E-state index contributed by atoms with van der Waals surface area (Å²) < 4.78 is 5.13. The average molecular weight is 315 g/mol. The van der Waals surface area contributed by atoms with Crippen LogP contribution >= 0.6 is 12.4 Å². The largest absolute Gasteiger partial charge is 0.497 e. The molecule has 5 heteroatoms. The first kappa shape index (κ1) is 19.7. The van der Waals surface area contributed by atoms with Gasteiger partial charge in [-0.1, -0.05) is 12.1 Å². The zero-order valence-corrected chi connectivity index (χ0v) is 13.9. The van der Waals surface area contributed by atoms with Crippen LogP contribution in [0.5, 0.6) is 5.75 Å². The highest BCUT2D eigenvalue weighted by atomic mass is 35.5. The van der Waals surface area contributed by atoms with E-state index in [9.17, 15) is 4.79 Å². The van der Waals surface area contributed by atoms with Crippen molar-refractivity contribution in [2.24, 2.45) is 5.73 Å². The summed E-state index contributed by atoms with van der Waals surface area (Å²) in [6.45, 7) is 3.95. The van der Waals surface area contributed by atoms with Crippen LogP contribution < -0.4 is 15.8 Å². The molecule has 2 atom stereocenters. The van der Waals surface area contributed by atoms with Gasteiger partial charge in [-0.25, -0.2) is 0 Å². The molecule has 1 aromatic rings. The predicted molar refractivity (Wildman–Crippen MR) is 89.1 cm³/mol. The topological polar surface area (TPSA) is 64.3 Å². The molecule has 21 heavy (non-hydrogen) atoms. The molecule has 1 aromatic carbocycles. The van der Waals surface area contributed by atoms with Crippen molar-refractivity contribution in [1.82, 2.24) is 5.32 Å². The Morgan fingerprint density at radius 3 is 2.38 bits per heavy atom. The number of rotatable bonds is 8. The molecule has 0 spiro atoms. The fourth-order valence-electron chi connectivity index (χ4n) is 1.95. The zero-order valence-electron chi connectivity index (χ0n) is 13.1. The zero-order chi connectivity index (χ0) is 15.0. The van der Waals surface area contributed by atoms with E-state index < -0.39 is 0 Å². The lowest BCUT2D eigenvalue weighted by Gasteiger charge is -2.14. The highest BCUT2D eigenvalue weighted by Crippen LogP contribution is 2.13. The first-order valence-corrected chi connectivity index (χ1v) is 7.19. The molecule has 3 N–H and O–H groups in total. The molecule has 0 bridgehead atoms. The van der Waals surface area contributed by atoms with Gasteiger partial charge in [0, 0.05) is 18.5 Å².